The molecule has 0 unspecified atom stereocenters. The topological polar surface area (TPSA) is 9.23 Å². The summed E-state index contributed by atoms with van der Waals surface area (Å²) in [6, 6.07) is 19.5. The van der Waals surface area contributed by atoms with E-state index in [4.69, 9.17) is 4.74 Å². The Balaban J connectivity index is 0.000000980. The smallest absolute Gasteiger partial charge is 0.127 e. The van der Waals surface area contributed by atoms with Crippen molar-refractivity contribution >= 4 is 37.7 Å². The van der Waals surface area contributed by atoms with Crippen LogP contribution in [0, 0.1) is 0 Å². The van der Waals surface area contributed by atoms with E-state index in [0.29, 0.717) is 0 Å². The average Bonchev–Trinajstić information content (AvgIpc) is 2.21. The minimum absolute atomic E-state index is 0. The van der Waals surface area contributed by atoms with Crippen molar-refractivity contribution in [1.29, 1.82) is 0 Å². The molecule has 0 aliphatic carbocycles. The molecule has 66 valence electrons. The largest absolute Gasteiger partial charge is 0.457 e. The Bertz CT molecular complexity index is 321. The van der Waals surface area contributed by atoms with Crippen molar-refractivity contribution in [2.75, 3.05) is 0 Å². The summed E-state index contributed by atoms with van der Waals surface area (Å²) in [6.45, 7) is 0. The number of hydrogen-bond donors (Lipinski definition) is 0. The van der Waals surface area contributed by atoms with Gasteiger partial charge in [-0.2, -0.15) is 0 Å². The molecule has 2 aromatic carbocycles. The van der Waals surface area contributed by atoms with Crippen LogP contribution in [-0.2, 0) is 0 Å². The number of ether oxygens (including phenoxy) is 1. The van der Waals surface area contributed by atoms with E-state index in [1.54, 1.807) is 0 Å². The van der Waals surface area contributed by atoms with Crippen molar-refractivity contribution in [3.8, 4) is 11.5 Å². The van der Waals surface area contributed by atoms with Gasteiger partial charge in [-0.05, 0) is 24.3 Å². The van der Waals surface area contributed by atoms with Crippen molar-refractivity contribution in [3.63, 3.8) is 0 Å². The van der Waals surface area contributed by atoms with Gasteiger partial charge in [0.25, 0.3) is 0 Å². The van der Waals surface area contributed by atoms with Crippen LogP contribution in [0.4, 0.5) is 0 Å². The summed E-state index contributed by atoms with van der Waals surface area (Å²) in [4.78, 5) is 0. The van der Waals surface area contributed by atoms with E-state index < -0.39 is 0 Å². The normalized spacial score (nSPS) is 8.86. The van der Waals surface area contributed by atoms with E-state index in [-0.39, 0.29) is 37.7 Å². The van der Waals surface area contributed by atoms with E-state index in [1.165, 1.54) is 0 Å². The second-order valence-electron chi connectivity index (χ2n) is 2.73. The number of para-hydroxylation sites is 2. The van der Waals surface area contributed by atoms with Crippen molar-refractivity contribution in [1.82, 2.24) is 0 Å². The maximum atomic E-state index is 5.58. The summed E-state index contributed by atoms with van der Waals surface area (Å²) in [7, 11) is 0. The molecule has 0 fully saturated rings. The van der Waals surface area contributed by atoms with Crippen molar-refractivity contribution in [3.05, 3.63) is 60.7 Å². The van der Waals surface area contributed by atoms with Crippen molar-refractivity contribution in [2.24, 2.45) is 0 Å². The monoisotopic (exact) mass is 210 g/mol. The van der Waals surface area contributed by atoms with Gasteiger partial charge < -0.3 is 4.74 Å². The Labute approximate surface area is 114 Å². The molecule has 0 atom stereocenters. The van der Waals surface area contributed by atoms with Gasteiger partial charge in [-0.3, -0.25) is 0 Å². The third-order valence-corrected chi connectivity index (χ3v) is 1.72. The number of hydrogen-bond acceptors (Lipinski definition) is 1. The average molecular weight is 210 g/mol. The predicted molar refractivity (Wildman–Crippen MR) is 58.7 cm³/mol. The quantitative estimate of drug-likeness (QED) is 0.692. The van der Waals surface area contributed by atoms with Gasteiger partial charge in [0.1, 0.15) is 11.5 Å². The molecular weight excluding hydrogens is 200 g/mol. The van der Waals surface area contributed by atoms with Crippen LogP contribution >= 0.6 is 0 Å². The first-order valence-corrected chi connectivity index (χ1v) is 4.23. The Morgan fingerprint density at radius 2 is 0.929 bits per heavy atom. The Hall–Kier alpha value is -0.500. The van der Waals surface area contributed by atoms with Crippen LogP contribution in [0.15, 0.2) is 60.7 Å². The molecule has 2 radical (unpaired) electrons. The first-order chi connectivity index (χ1) is 6.45. The van der Waals surface area contributed by atoms with Gasteiger partial charge in [0, 0.05) is 37.7 Å². The van der Waals surface area contributed by atoms with Crippen molar-refractivity contribution < 1.29 is 4.74 Å². The standard InChI is InChI=1S/C12H10O.Ca/c1-3-7-11(8-4-1)13-12-9-5-2-6-10-12;/h1-10H;. The molecule has 0 spiro atoms. The SMILES string of the molecule is [Ca].c1ccc(Oc2ccccc2)cc1. The van der Waals surface area contributed by atoms with Gasteiger partial charge in [-0.1, -0.05) is 36.4 Å². The fraction of sp³-hybridized carbons (Fsp3) is 0. The van der Waals surface area contributed by atoms with Crippen LogP contribution in [0.3, 0.4) is 0 Å². The molecule has 0 saturated heterocycles. The Morgan fingerprint density at radius 1 is 0.571 bits per heavy atom. The molecule has 2 aromatic rings. The molecule has 2 heteroatoms. The van der Waals surface area contributed by atoms with E-state index in [0.717, 1.165) is 11.5 Å². The zero-order valence-electron chi connectivity index (χ0n) is 7.89. The van der Waals surface area contributed by atoms with Crippen molar-refractivity contribution in [2.45, 2.75) is 0 Å². The Morgan fingerprint density at radius 3 is 1.29 bits per heavy atom. The minimum atomic E-state index is 0. The molecule has 0 aromatic heterocycles. The zero-order valence-corrected chi connectivity index (χ0v) is 10.1. The predicted octanol–water partition coefficient (Wildman–Crippen LogP) is 3.10. The molecule has 14 heavy (non-hydrogen) atoms. The molecule has 0 heterocycles. The second-order valence-corrected chi connectivity index (χ2v) is 2.73. The Kier molecular flexibility index (Phi) is 5.02. The molecular formula is C12H10CaO. The van der Waals surface area contributed by atoms with Gasteiger partial charge in [0.15, 0.2) is 0 Å². The van der Waals surface area contributed by atoms with E-state index in [2.05, 4.69) is 0 Å². The summed E-state index contributed by atoms with van der Waals surface area (Å²) in [5.74, 6) is 1.74. The molecule has 0 aliphatic heterocycles. The number of benzene rings is 2. The summed E-state index contributed by atoms with van der Waals surface area (Å²) in [5.41, 5.74) is 0. The molecule has 0 amide bonds. The van der Waals surface area contributed by atoms with E-state index >= 15 is 0 Å². The first-order valence-electron chi connectivity index (χ1n) is 4.23. The summed E-state index contributed by atoms with van der Waals surface area (Å²) < 4.78 is 5.58. The summed E-state index contributed by atoms with van der Waals surface area (Å²) >= 11 is 0. The van der Waals surface area contributed by atoms with E-state index in [1.807, 2.05) is 60.7 Å². The van der Waals surface area contributed by atoms with Gasteiger partial charge >= 0.3 is 0 Å². The maximum Gasteiger partial charge on any atom is 0.127 e. The van der Waals surface area contributed by atoms with Gasteiger partial charge in [-0.25, -0.2) is 0 Å². The second kappa shape index (κ2) is 6.07. The molecule has 1 nitrogen and oxygen atoms in total. The third-order valence-electron chi connectivity index (χ3n) is 1.72. The van der Waals surface area contributed by atoms with Crippen LogP contribution in [0.1, 0.15) is 0 Å². The molecule has 0 aliphatic rings. The summed E-state index contributed by atoms with van der Waals surface area (Å²) in [5, 5.41) is 0. The van der Waals surface area contributed by atoms with E-state index in [9.17, 15) is 0 Å². The van der Waals surface area contributed by atoms with Crippen LogP contribution in [0.25, 0.3) is 0 Å². The summed E-state index contributed by atoms with van der Waals surface area (Å²) in [6.07, 6.45) is 0. The third kappa shape index (κ3) is 3.33. The van der Waals surface area contributed by atoms with Crippen LogP contribution in [0.2, 0.25) is 0 Å². The van der Waals surface area contributed by atoms with Gasteiger partial charge in [0.05, 0.1) is 0 Å². The fourth-order valence-electron chi connectivity index (χ4n) is 1.11. The minimum Gasteiger partial charge on any atom is -0.457 e. The molecule has 0 bridgehead atoms. The van der Waals surface area contributed by atoms with Crippen LogP contribution in [0.5, 0.6) is 11.5 Å². The molecule has 0 N–H and O–H groups in total. The molecule has 2 rings (SSSR count). The van der Waals surface area contributed by atoms with Gasteiger partial charge in [0.2, 0.25) is 0 Å². The van der Waals surface area contributed by atoms with Crippen LogP contribution < -0.4 is 4.74 Å². The maximum absolute atomic E-state index is 5.58. The first kappa shape index (κ1) is 11.6. The molecule has 0 saturated carbocycles. The van der Waals surface area contributed by atoms with Crippen LogP contribution in [-0.4, -0.2) is 37.7 Å². The fourth-order valence-corrected chi connectivity index (χ4v) is 1.11. The van der Waals surface area contributed by atoms with Gasteiger partial charge in [-0.15, -0.1) is 0 Å². The number of rotatable bonds is 2. The zero-order chi connectivity index (χ0) is 8.93.